The van der Waals surface area contributed by atoms with Crippen LogP contribution in [0.2, 0.25) is 0 Å². The van der Waals surface area contributed by atoms with Gasteiger partial charge in [0.25, 0.3) is 0 Å². The molecule has 0 aliphatic heterocycles. The third-order valence-corrected chi connectivity index (χ3v) is 4.42. The van der Waals surface area contributed by atoms with Crippen molar-refractivity contribution in [1.29, 1.82) is 0 Å². The van der Waals surface area contributed by atoms with Crippen LogP contribution in [0.5, 0.6) is 0 Å². The molecule has 0 saturated heterocycles. The first-order valence-electron chi connectivity index (χ1n) is 9.79. The monoisotopic (exact) mass is 390 g/mol. The van der Waals surface area contributed by atoms with Crippen LogP contribution in [0, 0.1) is 0 Å². The van der Waals surface area contributed by atoms with Crippen molar-refractivity contribution in [3.8, 4) is 0 Å². The van der Waals surface area contributed by atoms with Gasteiger partial charge in [-0.05, 0) is 46.0 Å². The van der Waals surface area contributed by atoms with Crippen molar-refractivity contribution in [2.45, 2.75) is 97.2 Å². The molecule has 0 aliphatic rings. The maximum atomic E-state index is 5.57. The third kappa shape index (κ3) is 18.3. The van der Waals surface area contributed by atoms with E-state index < -0.39 is 0 Å². The number of rotatable bonds is 18. The predicted molar refractivity (Wildman–Crippen MR) is 105 cm³/mol. The molecule has 0 bridgehead atoms. The SMILES string of the molecule is CCOC(CCCCCCCCCCC/C=C/CCBr)OCC. The molecule has 3 heteroatoms. The summed E-state index contributed by atoms with van der Waals surface area (Å²) in [6.45, 7) is 5.56. The Morgan fingerprint density at radius 3 is 1.70 bits per heavy atom. The maximum Gasteiger partial charge on any atom is 0.157 e. The van der Waals surface area contributed by atoms with Gasteiger partial charge in [0.15, 0.2) is 6.29 Å². The van der Waals surface area contributed by atoms with E-state index >= 15 is 0 Å². The van der Waals surface area contributed by atoms with Gasteiger partial charge in [0.2, 0.25) is 0 Å². The summed E-state index contributed by atoms with van der Waals surface area (Å²) >= 11 is 3.44. The number of hydrogen-bond acceptors (Lipinski definition) is 2. The van der Waals surface area contributed by atoms with E-state index in [9.17, 15) is 0 Å². The van der Waals surface area contributed by atoms with E-state index in [2.05, 4.69) is 28.1 Å². The first kappa shape index (κ1) is 23.1. The maximum absolute atomic E-state index is 5.57. The van der Waals surface area contributed by atoms with Crippen molar-refractivity contribution in [3.63, 3.8) is 0 Å². The van der Waals surface area contributed by atoms with Crippen molar-refractivity contribution >= 4 is 15.9 Å². The molecule has 0 fully saturated rings. The summed E-state index contributed by atoms with van der Waals surface area (Å²) in [6, 6.07) is 0. The van der Waals surface area contributed by atoms with Crippen LogP contribution in [0.15, 0.2) is 12.2 Å². The molecule has 138 valence electrons. The zero-order valence-corrected chi connectivity index (χ0v) is 17.1. The quantitative estimate of drug-likeness (QED) is 0.108. The van der Waals surface area contributed by atoms with Gasteiger partial charge in [-0.1, -0.05) is 73.0 Å². The van der Waals surface area contributed by atoms with E-state index in [0.717, 1.165) is 31.4 Å². The molecule has 0 unspecified atom stereocenters. The van der Waals surface area contributed by atoms with Crippen LogP contribution in [0.25, 0.3) is 0 Å². The first-order chi connectivity index (χ1) is 11.3. The number of hydrogen-bond donors (Lipinski definition) is 0. The summed E-state index contributed by atoms with van der Waals surface area (Å²) < 4.78 is 11.1. The number of halogens is 1. The molecular formula is C20H39BrO2. The zero-order valence-electron chi connectivity index (χ0n) is 15.5. The van der Waals surface area contributed by atoms with Crippen molar-refractivity contribution in [3.05, 3.63) is 12.2 Å². The molecule has 0 aliphatic carbocycles. The van der Waals surface area contributed by atoms with Crippen LogP contribution in [-0.2, 0) is 9.47 Å². The number of unbranched alkanes of at least 4 members (excludes halogenated alkanes) is 9. The van der Waals surface area contributed by atoms with Gasteiger partial charge in [0.05, 0.1) is 0 Å². The second-order valence-electron chi connectivity index (χ2n) is 6.05. The molecular weight excluding hydrogens is 352 g/mol. The third-order valence-electron chi connectivity index (χ3n) is 3.96. The van der Waals surface area contributed by atoms with E-state index in [4.69, 9.17) is 9.47 Å². The molecule has 0 rings (SSSR count). The van der Waals surface area contributed by atoms with Gasteiger partial charge >= 0.3 is 0 Å². The topological polar surface area (TPSA) is 18.5 Å². The summed E-state index contributed by atoms with van der Waals surface area (Å²) in [5.74, 6) is 0. The molecule has 0 spiro atoms. The van der Waals surface area contributed by atoms with Crippen LogP contribution in [0.1, 0.15) is 90.9 Å². The lowest BCUT2D eigenvalue weighted by Gasteiger charge is -2.16. The molecule has 0 heterocycles. The smallest absolute Gasteiger partial charge is 0.157 e. The molecule has 0 saturated carbocycles. The lowest BCUT2D eigenvalue weighted by Crippen LogP contribution is -2.17. The standard InChI is InChI=1S/C20H39BrO2/c1-3-22-20(23-4-2)18-16-14-12-10-8-6-5-7-9-11-13-15-17-19-21/h13,15,20H,3-12,14,16-19H2,1-2H3/b15-13+. The normalized spacial score (nSPS) is 11.8. The highest BCUT2D eigenvalue weighted by Gasteiger charge is 2.06. The molecule has 23 heavy (non-hydrogen) atoms. The Labute approximate surface area is 153 Å². The van der Waals surface area contributed by atoms with Crippen molar-refractivity contribution < 1.29 is 9.47 Å². The first-order valence-corrected chi connectivity index (χ1v) is 10.9. The van der Waals surface area contributed by atoms with E-state index in [1.807, 2.05) is 13.8 Å². The Balaban J connectivity index is 3.21. The van der Waals surface area contributed by atoms with Gasteiger partial charge in [-0.15, -0.1) is 0 Å². The molecule has 0 atom stereocenters. The average molecular weight is 391 g/mol. The van der Waals surface area contributed by atoms with Gasteiger partial charge < -0.3 is 9.47 Å². The fraction of sp³-hybridized carbons (Fsp3) is 0.900. The fourth-order valence-corrected chi connectivity index (χ4v) is 2.96. The molecule has 0 aromatic carbocycles. The number of allylic oxidation sites excluding steroid dienone is 2. The highest BCUT2D eigenvalue weighted by molar-refractivity contribution is 9.09. The molecule has 2 nitrogen and oxygen atoms in total. The van der Waals surface area contributed by atoms with Crippen LogP contribution < -0.4 is 0 Å². The average Bonchev–Trinajstić information content (AvgIpc) is 2.55. The highest BCUT2D eigenvalue weighted by Crippen LogP contribution is 2.13. The lowest BCUT2D eigenvalue weighted by atomic mass is 10.1. The summed E-state index contributed by atoms with van der Waals surface area (Å²) in [5, 5.41) is 1.08. The Bertz CT molecular complexity index is 238. The minimum Gasteiger partial charge on any atom is -0.353 e. The number of alkyl halides is 1. The molecule has 0 aromatic heterocycles. The summed E-state index contributed by atoms with van der Waals surface area (Å²) in [5.41, 5.74) is 0. The van der Waals surface area contributed by atoms with Gasteiger partial charge in [-0.3, -0.25) is 0 Å². The van der Waals surface area contributed by atoms with Gasteiger partial charge in [-0.25, -0.2) is 0 Å². The summed E-state index contributed by atoms with van der Waals surface area (Å²) in [6.07, 6.45) is 20.4. The predicted octanol–water partition coefficient (Wildman–Crippen LogP) is 7.02. The lowest BCUT2D eigenvalue weighted by molar-refractivity contribution is -0.140. The largest absolute Gasteiger partial charge is 0.353 e. The van der Waals surface area contributed by atoms with Crippen LogP contribution >= 0.6 is 15.9 Å². The van der Waals surface area contributed by atoms with Crippen LogP contribution in [0.4, 0.5) is 0 Å². The van der Waals surface area contributed by atoms with E-state index in [-0.39, 0.29) is 6.29 Å². The Kier molecular flexibility index (Phi) is 20.3. The molecule has 0 radical (unpaired) electrons. The summed E-state index contributed by atoms with van der Waals surface area (Å²) in [7, 11) is 0. The van der Waals surface area contributed by atoms with Crippen molar-refractivity contribution in [1.82, 2.24) is 0 Å². The van der Waals surface area contributed by atoms with Gasteiger partial charge in [0.1, 0.15) is 0 Å². The fourth-order valence-electron chi connectivity index (χ4n) is 2.70. The Hall–Kier alpha value is 0.140. The van der Waals surface area contributed by atoms with Crippen molar-refractivity contribution in [2.75, 3.05) is 18.5 Å². The summed E-state index contributed by atoms with van der Waals surface area (Å²) in [4.78, 5) is 0. The second-order valence-corrected chi connectivity index (χ2v) is 6.84. The highest BCUT2D eigenvalue weighted by atomic mass is 79.9. The van der Waals surface area contributed by atoms with Crippen molar-refractivity contribution in [2.24, 2.45) is 0 Å². The molecule has 0 amide bonds. The molecule has 0 aromatic rings. The van der Waals surface area contributed by atoms with Crippen LogP contribution in [-0.4, -0.2) is 24.8 Å². The Morgan fingerprint density at radius 2 is 1.17 bits per heavy atom. The Morgan fingerprint density at radius 1 is 0.696 bits per heavy atom. The van der Waals surface area contributed by atoms with Gasteiger partial charge in [-0.2, -0.15) is 0 Å². The zero-order chi connectivity index (χ0) is 17.0. The van der Waals surface area contributed by atoms with Gasteiger partial charge in [0, 0.05) is 18.5 Å². The van der Waals surface area contributed by atoms with Crippen LogP contribution in [0.3, 0.4) is 0 Å². The molecule has 0 N–H and O–H groups in total. The van der Waals surface area contributed by atoms with E-state index in [0.29, 0.717) is 0 Å². The van der Waals surface area contributed by atoms with E-state index in [1.54, 1.807) is 0 Å². The second kappa shape index (κ2) is 20.2. The number of ether oxygens (including phenoxy) is 2. The minimum atomic E-state index is 0.0218. The minimum absolute atomic E-state index is 0.0218. The van der Waals surface area contributed by atoms with E-state index in [1.165, 1.54) is 64.2 Å².